The molecule has 0 radical (unpaired) electrons. The van der Waals surface area contributed by atoms with E-state index in [0.29, 0.717) is 11.4 Å². The Kier molecular flexibility index (Phi) is 1.71. The summed E-state index contributed by atoms with van der Waals surface area (Å²) >= 11 is 0. The summed E-state index contributed by atoms with van der Waals surface area (Å²) < 4.78 is 0. The highest BCUT2D eigenvalue weighted by molar-refractivity contribution is 5.93. The third kappa shape index (κ3) is 1.24. The van der Waals surface area contributed by atoms with E-state index in [1.165, 1.54) is 0 Å². The Labute approximate surface area is 91.9 Å². The Balaban J connectivity index is 2.49. The van der Waals surface area contributed by atoms with Gasteiger partial charge in [-0.15, -0.1) is 0 Å². The van der Waals surface area contributed by atoms with E-state index in [1.54, 1.807) is 6.07 Å². The fourth-order valence-electron chi connectivity index (χ4n) is 1.74. The fraction of sp³-hybridized carbons (Fsp3) is 0. The van der Waals surface area contributed by atoms with E-state index < -0.39 is 0 Å². The SMILES string of the molecule is Nc1ccc2nc3cccc(N)c3nc2c1. The molecule has 0 unspecified atom stereocenters. The standard InChI is InChI=1S/C12H10N4/c13-7-4-5-9-11(6-7)16-12-8(14)2-1-3-10(12)15-9/h1-6H,13-14H2. The van der Waals surface area contributed by atoms with Crippen LogP contribution in [0.2, 0.25) is 0 Å². The van der Waals surface area contributed by atoms with Crippen molar-refractivity contribution in [3.63, 3.8) is 0 Å². The zero-order valence-electron chi connectivity index (χ0n) is 8.51. The summed E-state index contributed by atoms with van der Waals surface area (Å²) in [5.41, 5.74) is 16.0. The maximum absolute atomic E-state index is 5.85. The number of benzene rings is 2. The largest absolute Gasteiger partial charge is 0.399 e. The molecule has 0 aliphatic carbocycles. The van der Waals surface area contributed by atoms with E-state index in [-0.39, 0.29) is 0 Å². The van der Waals surface area contributed by atoms with Crippen LogP contribution in [0.3, 0.4) is 0 Å². The smallest absolute Gasteiger partial charge is 0.112 e. The maximum atomic E-state index is 5.85. The van der Waals surface area contributed by atoms with Crippen molar-refractivity contribution >= 4 is 33.4 Å². The Hall–Kier alpha value is -2.36. The molecule has 2 aromatic carbocycles. The number of rotatable bonds is 0. The fourth-order valence-corrected chi connectivity index (χ4v) is 1.74. The first-order valence-electron chi connectivity index (χ1n) is 4.95. The molecule has 0 saturated heterocycles. The first-order chi connectivity index (χ1) is 7.74. The third-order valence-electron chi connectivity index (χ3n) is 2.52. The minimum atomic E-state index is 0.634. The van der Waals surface area contributed by atoms with Crippen molar-refractivity contribution in [1.29, 1.82) is 0 Å². The van der Waals surface area contributed by atoms with Crippen LogP contribution in [0.5, 0.6) is 0 Å². The summed E-state index contributed by atoms with van der Waals surface area (Å²) in [4.78, 5) is 8.95. The van der Waals surface area contributed by atoms with Crippen LogP contribution in [-0.4, -0.2) is 9.97 Å². The van der Waals surface area contributed by atoms with Crippen LogP contribution >= 0.6 is 0 Å². The van der Waals surface area contributed by atoms with Gasteiger partial charge in [0.25, 0.3) is 0 Å². The molecule has 4 N–H and O–H groups in total. The predicted molar refractivity (Wildman–Crippen MR) is 65.9 cm³/mol. The number of nitrogens with two attached hydrogens (primary N) is 2. The van der Waals surface area contributed by atoms with Crippen molar-refractivity contribution in [2.75, 3.05) is 11.5 Å². The van der Waals surface area contributed by atoms with Gasteiger partial charge in [-0.2, -0.15) is 0 Å². The predicted octanol–water partition coefficient (Wildman–Crippen LogP) is 1.95. The van der Waals surface area contributed by atoms with Crippen LogP contribution in [0.15, 0.2) is 36.4 Å². The lowest BCUT2D eigenvalue weighted by molar-refractivity contribution is 1.40. The van der Waals surface area contributed by atoms with Crippen molar-refractivity contribution in [3.05, 3.63) is 36.4 Å². The van der Waals surface area contributed by atoms with E-state index in [4.69, 9.17) is 11.5 Å². The van der Waals surface area contributed by atoms with Crippen LogP contribution in [0, 0.1) is 0 Å². The molecular weight excluding hydrogens is 200 g/mol. The van der Waals surface area contributed by atoms with E-state index in [0.717, 1.165) is 22.1 Å². The van der Waals surface area contributed by atoms with Crippen LogP contribution in [0.1, 0.15) is 0 Å². The van der Waals surface area contributed by atoms with Gasteiger partial charge in [-0.3, -0.25) is 0 Å². The van der Waals surface area contributed by atoms with E-state index >= 15 is 0 Å². The lowest BCUT2D eigenvalue weighted by Gasteiger charge is -2.03. The summed E-state index contributed by atoms with van der Waals surface area (Å²) in [7, 11) is 0. The summed E-state index contributed by atoms with van der Waals surface area (Å²) in [5.74, 6) is 0. The van der Waals surface area contributed by atoms with Crippen LogP contribution in [0.4, 0.5) is 11.4 Å². The van der Waals surface area contributed by atoms with Crippen molar-refractivity contribution in [3.8, 4) is 0 Å². The second kappa shape index (κ2) is 3.06. The van der Waals surface area contributed by atoms with Crippen LogP contribution in [0.25, 0.3) is 22.1 Å². The number of hydrogen-bond acceptors (Lipinski definition) is 4. The number of fused-ring (bicyclic) bond motifs is 2. The molecule has 0 aliphatic rings. The van der Waals surface area contributed by atoms with E-state index in [2.05, 4.69) is 9.97 Å². The first kappa shape index (κ1) is 8.91. The minimum Gasteiger partial charge on any atom is -0.399 e. The first-order valence-corrected chi connectivity index (χ1v) is 4.95. The third-order valence-corrected chi connectivity index (χ3v) is 2.52. The average molecular weight is 210 g/mol. The Morgan fingerprint density at radius 3 is 2.56 bits per heavy atom. The van der Waals surface area contributed by atoms with Gasteiger partial charge in [0.15, 0.2) is 0 Å². The van der Waals surface area contributed by atoms with Crippen molar-refractivity contribution < 1.29 is 0 Å². The molecule has 16 heavy (non-hydrogen) atoms. The van der Waals surface area contributed by atoms with Crippen LogP contribution in [-0.2, 0) is 0 Å². The summed E-state index contributed by atoms with van der Waals surface area (Å²) in [6, 6.07) is 11.1. The highest BCUT2D eigenvalue weighted by Gasteiger charge is 2.03. The molecule has 0 atom stereocenters. The quantitative estimate of drug-likeness (QED) is 0.439. The lowest BCUT2D eigenvalue weighted by Crippen LogP contribution is -1.93. The number of anilines is 2. The summed E-state index contributed by atoms with van der Waals surface area (Å²) in [5, 5.41) is 0. The molecule has 1 heterocycles. The van der Waals surface area contributed by atoms with E-state index in [9.17, 15) is 0 Å². The van der Waals surface area contributed by atoms with E-state index in [1.807, 2.05) is 30.3 Å². The van der Waals surface area contributed by atoms with Crippen molar-refractivity contribution in [1.82, 2.24) is 9.97 Å². The molecule has 0 amide bonds. The monoisotopic (exact) mass is 210 g/mol. The molecule has 0 fully saturated rings. The molecule has 3 aromatic rings. The van der Waals surface area contributed by atoms with Crippen molar-refractivity contribution in [2.24, 2.45) is 0 Å². The Bertz CT molecular complexity index is 691. The molecule has 1 aromatic heterocycles. The lowest BCUT2D eigenvalue weighted by atomic mass is 10.2. The van der Waals surface area contributed by atoms with Gasteiger partial charge >= 0.3 is 0 Å². The highest BCUT2D eigenvalue weighted by atomic mass is 14.8. The molecule has 3 rings (SSSR count). The molecule has 0 bridgehead atoms. The number of aromatic nitrogens is 2. The second-order valence-electron chi connectivity index (χ2n) is 3.69. The molecule has 0 spiro atoms. The Morgan fingerprint density at radius 2 is 1.69 bits per heavy atom. The topological polar surface area (TPSA) is 77.8 Å². The molecule has 4 nitrogen and oxygen atoms in total. The van der Waals surface area contributed by atoms with Gasteiger partial charge < -0.3 is 11.5 Å². The number of nitrogens with zero attached hydrogens (tertiary/aromatic N) is 2. The van der Waals surface area contributed by atoms with Gasteiger partial charge in [0, 0.05) is 5.69 Å². The van der Waals surface area contributed by atoms with Gasteiger partial charge in [-0.1, -0.05) is 6.07 Å². The van der Waals surface area contributed by atoms with Gasteiger partial charge in [0.1, 0.15) is 5.52 Å². The average Bonchev–Trinajstić information content (AvgIpc) is 2.28. The normalized spacial score (nSPS) is 11.0. The zero-order chi connectivity index (χ0) is 11.1. The highest BCUT2D eigenvalue weighted by Crippen LogP contribution is 2.21. The number of hydrogen-bond donors (Lipinski definition) is 2. The van der Waals surface area contributed by atoms with Gasteiger partial charge in [-0.25, -0.2) is 9.97 Å². The number of nitrogen functional groups attached to an aromatic ring is 2. The summed E-state index contributed by atoms with van der Waals surface area (Å²) in [6.07, 6.45) is 0. The maximum Gasteiger partial charge on any atom is 0.112 e. The molecule has 78 valence electrons. The second-order valence-corrected chi connectivity index (χ2v) is 3.69. The molecule has 4 heteroatoms. The van der Waals surface area contributed by atoms with Crippen molar-refractivity contribution in [2.45, 2.75) is 0 Å². The molecule has 0 aliphatic heterocycles. The zero-order valence-corrected chi connectivity index (χ0v) is 8.51. The Morgan fingerprint density at radius 1 is 0.812 bits per heavy atom. The molecule has 0 saturated carbocycles. The van der Waals surface area contributed by atoms with Gasteiger partial charge in [0.2, 0.25) is 0 Å². The minimum absolute atomic E-state index is 0.634. The van der Waals surface area contributed by atoms with Crippen LogP contribution < -0.4 is 11.5 Å². The summed E-state index contributed by atoms with van der Waals surface area (Å²) in [6.45, 7) is 0. The number of para-hydroxylation sites is 1. The van der Waals surface area contributed by atoms with Gasteiger partial charge in [0.05, 0.1) is 22.2 Å². The molecular formula is C12H10N4. The van der Waals surface area contributed by atoms with Gasteiger partial charge in [-0.05, 0) is 30.3 Å².